The Kier molecular flexibility index (Phi) is 4.38. The summed E-state index contributed by atoms with van der Waals surface area (Å²) in [6.07, 6.45) is 0.898. The lowest BCUT2D eigenvalue weighted by Crippen LogP contribution is -2.05. The fourth-order valence-corrected chi connectivity index (χ4v) is 3.10. The van der Waals surface area contributed by atoms with Crippen molar-refractivity contribution >= 4 is 38.9 Å². The van der Waals surface area contributed by atoms with Crippen LogP contribution in [0.3, 0.4) is 0 Å². The molecule has 0 aliphatic carbocycles. The van der Waals surface area contributed by atoms with Gasteiger partial charge in [-0.3, -0.25) is 0 Å². The normalized spacial score (nSPS) is 12.6. The van der Waals surface area contributed by atoms with Crippen molar-refractivity contribution in [2.45, 2.75) is 12.3 Å². The number of nitrogens with zero attached hydrogens (tertiary/aromatic N) is 1. The molecule has 0 fully saturated rings. The molecule has 1 heterocycles. The summed E-state index contributed by atoms with van der Waals surface area (Å²) in [4.78, 5) is 4.30. The molecule has 1 aromatic carbocycles. The summed E-state index contributed by atoms with van der Waals surface area (Å²) in [6, 6.07) is 8.22. The number of rotatable bonds is 4. The zero-order valence-corrected chi connectivity index (χ0v) is 11.7. The maximum Gasteiger partial charge on any atom is 0.0794 e. The first-order valence-corrected chi connectivity index (χ1v) is 7.25. The van der Waals surface area contributed by atoms with Crippen molar-refractivity contribution in [2.24, 2.45) is 0 Å². The monoisotopic (exact) mass is 315 g/mol. The summed E-state index contributed by atoms with van der Waals surface area (Å²) in [5.41, 5.74) is 4.23. The Morgan fingerprint density at radius 3 is 2.81 bits per heavy atom. The average Bonchev–Trinajstić information content (AvgIpc) is 2.80. The molecule has 1 atom stereocenters. The van der Waals surface area contributed by atoms with E-state index >= 15 is 0 Å². The first-order chi connectivity index (χ1) is 7.81. The molecule has 0 amide bonds. The van der Waals surface area contributed by atoms with Crippen molar-refractivity contribution in [1.29, 1.82) is 0 Å². The minimum absolute atomic E-state index is 0.319. The highest BCUT2D eigenvalue weighted by atomic mass is 79.9. The smallest absolute Gasteiger partial charge is 0.0794 e. The summed E-state index contributed by atoms with van der Waals surface area (Å²) in [5, 5.41) is 2.08. The summed E-state index contributed by atoms with van der Waals surface area (Å²) in [5.74, 6) is 0.930. The Labute approximate surface area is 113 Å². The van der Waals surface area contributed by atoms with E-state index in [1.165, 1.54) is 5.56 Å². The number of aromatic nitrogens is 1. The zero-order valence-electron chi connectivity index (χ0n) is 8.57. The number of hydrogen-bond donors (Lipinski definition) is 0. The molecule has 0 saturated heterocycles. The third-order valence-electron chi connectivity index (χ3n) is 2.47. The van der Waals surface area contributed by atoms with E-state index in [4.69, 9.17) is 11.6 Å². The van der Waals surface area contributed by atoms with Crippen LogP contribution in [0.15, 0.2) is 39.6 Å². The molecule has 4 heteroatoms. The Morgan fingerprint density at radius 2 is 2.19 bits per heavy atom. The number of halogens is 2. The lowest BCUT2D eigenvalue weighted by Gasteiger charge is -2.14. The van der Waals surface area contributed by atoms with Gasteiger partial charge in [0, 0.05) is 21.7 Å². The van der Waals surface area contributed by atoms with E-state index in [-0.39, 0.29) is 0 Å². The summed E-state index contributed by atoms with van der Waals surface area (Å²) in [6.45, 7) is 0. The second-order valence-electron chi connectivity index (χ2n) is 3.56. The van der Waals surface area contributed by atoms with Crippen molar-refractivity contribution in [1.82, 2.24) is 4.98 Å². The predicted octanol–water partition coefficient (Wildman–Crippen LogP) is 4.47. The molecule has 2 rings (SSSR count). The summed E-state index contributed by atoms with van der Waals surface area (Å²) >= 11 is 11.2. The average molecular weight is 317 g/mol. The highest BCUT2D eigenvalue weighted by Crippen LogP contribution is 2.28. The van der Waals surface area contributed by atoms with Crippen molar-refractivity contribution in [2.75, 3.05) is 5.88 Å². The molecule has 1 nitrogen and oxygen atoms in total. The molecule has 16 heavy (non-hydrogen) atoms. The number of hydrogen-bond acceptors (Lipinski definition) is 2. The molecule has 1 aromatic heterocycles. The van der Waals surface area contributed by atoms with E-state index in [0.717, 1.165) is 16.6 Å². The van der Waals surface area contributed by atoms with E-state index in [1.807, 2.05) is 17.6 Å². The van der Waals surface area contributed by atoms with E-state index in [9.17, 15) is 0 Å². The lowest BCUT2D eigenvalue weighted by atomic mass is 9.96. The molecular weight excluding hydrogens is 306 g/mol. The molecule has 0 aliphatic rings. The fraction of sp³-hybridized carbons (Fsp3) is 0.250. The van der Waals surface area contributed by atoms with E-state index in [1.54, 1.807) is 11.3 Å². The number of thiazole rings is 1. The first-order valence-electron chi connectivity index (χ1n) is 4.98. The van der Waals surface area contributed by atoms with Gasteiger partial charge < -0.3 is 0 Å². The van der Waals surface area contributed by atoms with Crippen LogP contribution >= 0.6 is 38.9 Å². The van der Waals surface area contributed by atoms with Crippen molar-refractivity contribution < 1.29 is 0 Å². The van der Waals surface area contributed by atoms with Gasteiger partial charge in [0.1, 0.15) is 0 Å². The standard InChI is InChI=1S/C12H11BrClNS/c13-12-4-2-1-3-11(12)9(6-14)5-10-7-16-8-15-10/h1-4,7-9H,5-6H2. The van der Waals surface area contributed by atoms with E-state index in [2.05, 4.69) is 38.4 Å². The number of benzene rings is 1. The predicted molar refractivity (Wildman–Crippen MR) is 73.4 cm³/mol. The third kappa shape index (κ3) is 2.84. The Balaban J connectivity index is 2.20. The second kappa shape index (κ2) is 5.80. The van der Waals surface area contributed by atoms with Crippen molar-refractivity contribution in [3.63, 3.8) is 0 Å². The minimum atomic E-state index is 0.319. The molecule has 0 aliphatic heterocycles. The van der Waals surface area contributed by atoms with E-state index < -0.39 is 0 Å². The largest absolute Gasteiger partial charge is 0.250 e. The molecular formula is C12H11BrClNS. The van der Waals surface area contributed by atoms with Gasteiger partial charge in [-0.2, -0.15) is 0 Å². The maximum atomic E-state index is 6.05. The van der Waals surface area contributed by atoms with Crippen molar-refractivity contribution in [3.05, 3.63) is 50.9 Å². The van der Waals surface area contributed by atoms with Gasteiger partial charge in [-0.1, -0.05) is 34.1 Å². The van der Waals surface area contributed by atoms with Gasteiger partial charge in [-0.15, -0.1) is 22.9 Å². The molecule has 2 aromatic rings. The van der Waals surface area contributed by atoms with Crippen LogP contribution in [-0.2, 0) is 6.42 Å². The third-order valence-corrected chi connectivity index (χ3v) is 4.20. The van der Waals surface area contributed by atoms with Crippen LogP contribution in [0.5, 0.6) is 0 Å². The van der Waals surface area contributed by atoms with E-state index in [0.29, 0.717) is 11.8 Å². The molecule has 0 bridgehead atoms. The van der Waals surface area contributed by atoms with Crippen LogP contribution in [0.1, 0.15) is 17.2 Å². The lowest BCUT2D eigenvalue weighted by molar-refractivity contribution is 0.748. The highest BCUT2D eigenvalue weighted by molar-refractivity contribution is 9.10. The minimum Gasteiger partial charge on any atom is -0.250 e. The van der Waals surface area contributed by atoms with Gasteiger partial charge >= 0.3 is 0 Å². The van der Waals surface area contributed by atoms with Crippen LogP contribution < -0.4 is 0 Å². The van der Waals surface area contributed by atoms with Gasteiger partial charge in [0.15, 0.2) is 0 Å². The fourth-order valence-electron chi connectivity index (χ4n) is 1.64. The Hall–Kier alpha value is -0.380. The van der Waals surface area contributed by atoms with Crippen LogP contribution in [0.2, 0.25) is 0 Å². The van der Waals surface area contributed by atoms with Crippen LogP contribution in [-0.4, -0.2) is 10.9 Å². The molecule has 1 unspecified atom stereocenters. The Bertz CT molecular complexity index is 444. The summed E-state index contributed by atoms with van der Waals surface area (Å²) < 4.78 is 1.12. The van der Waals surface area contributed by atoms with Gasteiger partial charge in [-0.05, 0) is 18.1 Å². The van der Waals surface area contributed by atoms with Gasteiger partial charge in [-0.25, -0.2) is 4.98 Å². The van der Waals surface area contributed by atoms with Gasteiger partial charge in [0.05, 0.1) is 11.2 Å². The topological polar surface area (TPSA) is 12.9 Å². The second-order valence-corrected chi connectivity index (χ2v) is 5.44. The zero-order chi connectivity index (χ0) is 11.4. The summed E-state index contributed by atoms with van der Waals surface area (Å²) in [7, 11) is 0. The quantitative estimate of drug-likeness (QED) is 0.758. The Morgan fingerprint density at radius 1 is 1.38 bits per heavy atom. The molecule has 84 valence electrons. The highest BCUT2D eigenvalue weighted by Gasteiger charge is 2.14. The van der Waals surface area contributed by atoms with Gasteiger partial charge in [0.25, 0.3) is 0 Å². The van der Waals surface area contributed by atoms with Crippen molar-refractivity contribution in [3.8, 4) is 0 Å². The molecule has 0 radical (unpaired) electrons. The van der Waals surface area contributed by atoms with Crippen LogP contribution in [0.4, 0.5) is 0 Å². The maximum absolute atomic E-state index is 6.05. The van der Waals surface area contributed by atoms with Crippen LogP contribution in [0.25, 0.3) is 0 Å². The first kappa shape index (κ1) is 12.1. The number of alkyl halides is 1. The van der Waals surface area contributed by atoms with Gasteiger partial charge in [0.2, 0.25) is 0 Å². The van der Waals surface area contributed by atoms with Crippen LogP contribution in [0, 0.1) is 0 Å². The molecule has 0 spiro atoms. The molecule has 0 saturated carbocycles. The molecule has 0 N–H and O–H groups in total. The SMILES string of the molecule is ClCC(Cc1cscn1)c1ccccc1Br.